The number of anilines is 1. The molecule has 1 amide bonds. The number of hydrogen-bond acceptors (Lipinski definition) is 3. The topological polar surface area (TPSA) is 55.1 Å². The average molecular weight is 320 g/mol. The van der Waals surface area contributed by atoms with Crippen molar-refractivity contribution in [3.63, 3.8) is 0 Å². The van der Waals surface area contributed by atoms with Crippen molar-refractivity contribution in [1.82, 2.24) is 4.98 Å². The van der Waals surface area contributed by atoms with Gasteiger partial charge in [0.25, 0.3) is 0 Å². The lowest BCUT2D eigenvalue weighted by molar-refractivity contribution is -0.167. The number of carbonyl (C=O) groups excluding carboxylic acids is 1. The van der Waals surface area contributed by atoms with Crippen LogP contribution in [0.1, 0.15) is 5.56 Å². The van der Waals surface area contributed by atoms with E-state index in [0.717, 1.165) is 11.1 Å². The molecular weight excluding hydrogens is 309 g/mol. The van der Waals surface area contributed by atoms with Crippen LogP contribution in [0, 0.1) is 6.92 Å². The number of aryl methyl sites for hydroxylation is 1. The summed E-state index contributed by atoms with van der Waals surface area (Å²) in [6.07, 6.45) is -4.94. The molecule has 3 aromatic rings. The smallest absolute Gasteiger partial charge is 0.436 e. The minimum atomic E-state index is -4.94. The van der Waals surface area contributed by atoms with Crippen LogP contribution in [0.4, 0.5) is 18.9 Å². The molecule has 0 saturated carbocycles. The van der Waals surface area contributed by atoms with Crippen LogP contribution in [0.5, 0.6) is 0 Å². The normalized spacial score (nSPS) is 11.7. The van der Waals surface area contributed by atoms with Crippen LogP contribution in [0.3, 0.4) is 0 Å². The second-order valence-corrected chi connectivity index (χ2v) is 5.02. The maximum atomic E-state index is 12.3. The predicted octanol–water partition coefficient (Wildman–Crippen LogP) is 4.30. The molecule has 2 aromatic carbocycles. The third kappa shape index (κ3) is 3.18. The molecule has 1 N–H and O–H groups in total. The zero-order valence-corrected chi connectivity index (χ0v) is 11.9. The van der Waals surface area contributed by atoms with Crippen LogP contribution in [0.25, 0.3) is 22.6 Å². The van der Waals surface area contributed by atoms with Gasteiger partial charge in [0.05, 0.1) is 0 Å². The van der Waals surface area contributed by atoms with E-state index in [4.69, 9.17) is 4.42 Å². The molecule has 0 saturated heterocycles. The summed E-state index contributed by atoms with van der Waals surface area (Å²) >= 11 is 0. The molecule has 0 aliphatic heterocycles. The van der Waals surface area contributed by atoms with Crippen molar-refractivity contribution in [3.05, 3.63) is 48.0 Å². The molecule has 3 rings (SSSR count). The molecule has 0 aliphatic rings. The molecule has 1 heterocycles. The highest BCUT2D eigenvalue weighted by atomic mass is 19.4. The number of rotatable bonds is 2. The predicted molar refractivity (Wildman–Crippen MR) is 78.9 cm³/mol. The molecule has 0 aliphatic carbocycles. The largest absolute Gasteiger partial charge is 0.471 e. The van der Waals surface area contributed by atoms with Gasteiger partial charge in [-0.2, -0.15) is 13.2 Å². The summed E-state index contributed by atoms with van der Waals surface area (Å²) < 4.78 is 42.4. The number of hydrogen-bond donors (Lipinski definition) is 1. The first kappa shape index (κ1) is 15.1. The third-order valence-corrected chi connectivity index (χ3v) is 3.20. The number of nitrogens with zero attached hydrogens (tertiary/aromatic N) is 1. The van der Waals surface area contributed by atoms with Gasteiger partial charge < -0.3 is 9.73 Å². The van der Waals surface area contributed by atoms with E-state index >= 15 is 0 Å². The van der Waals surface area contributed by atoms with Crippen molar-refractivity contribution in [1.29, 1.82) is 0 Å². The molecule has 118 valence electrons. The van der Waals surface area contributed by atoms with Gasteiger partial charge in [0.15, 0.2) is 5.58 Å². The molecule has 0 unspecified atom stereocenters. The van der Waals surface area contributed by atoms with Gasteiger partial charge in [-0.25, -0.2) is 4.98 Å². The monoisotopic (exact) mass is 320 g/mol. The number of benzene rings is 2. The van der Waals surface area contributed by atoms with Crippen molar-refractivity contribution < 1.29 is 22.4 Å². The van der Waals surface area contributed by atoms with Crippen LogP contribution in [0.15, 0.2) is 46.9 Å². The molecule has 23 heavy (non-hydrogen) atoms. The van der Waals surface area contributed by atoms with Gasteiger partial charge in [0.2, 0.25) is 5.89 Å². The van der Waals surface area contributed by atoms with Gasteiger partial charge in [-0.15, -0.1) is 0 Å². The van der Waals surface area contributed by atoms with Crippen LogP contribution in [0.2, 0.25) is 0 Å². The molecule has 0 fully saturated rings. The fraction of sp³-hybridized carbons (Fsp3) is 0.125. The maximum absolute atomic E-state index is 12.3. The molecule has 1 aromatic heterocycles. The van der Waals surface area contributed by atoms with Crippen LogP contribution in [-0.4, -0.2) is 17.1 Å². The standard InChI is InChI=1S/C16H11F3N2O2/c1-9-2-4-10(5-3-9)14-21-12-8-11(6-7-13(12)23-14)20-15(22)16(17,18)19/h2-8H,1H3,(H,20,22). The summed E-state index contributed by atoms with van der Waals surface area (Å²) in [5, 5.41) is 1.78. The third-order valence-electron chi connectivity index (χ3n) is 3.20. The number of nitrogens with one attached hydrogen (secondary N) is 1. The quantitative estimate of drug-likeness (QED) is 0.766. The Labute approximate surface area is 128 Å². The minimum Gasteiger partial charge on any atom is -0.436 e. The second kappa shape index (κ2) is 5.42. The van der Waals surface area contributed by atoms with E-state index in [9.17, 15) is 18.0 Å². The molecule has 0 radical (unpaired) electrons. The Bertz CT molecular complexity index is 867. The minimum absolute atomic E-state index is 0.00332. The summed E-state index contributed by atoms with van der Waals surface area (Å²) in [5.74, 6) is -1.67. The van der Waals surface area contributed by atoms with Gasteiger partial charge in [-0.3, -0.25) is 4.79 Å². The Morgan fingerprint density at radius 2 is 1.83 bits per heavy atom. The lowest BCUT2D eigenvalue weighted by atomic mass is 10.1. The van der Waals surface area contributed by atoms with E-state index in [2.05, 4.69) is 4.98 Å². The summed E-state index contributed by atoms with van der Waals surface area (Å²) in [5.41, 5.74) is 2.63. The van der Waals surface area contributed by atoms with E-state index in [1.807, 2.05) is 31.2 Å². The Hall–Kier alpha value is -2.83. The van der Waals surface area contributed by atoms with Crippen LogP contribution >= 0.6 is 0 Å². The molecule has 0 spiro atoms. The van der Waals surface area contributed by atoms with Crippen LogP contribution < -0.4 is 5.32 Å². The summed E-state index contributed by atoms with van der Waals surface area (Å²) in [7, 11) is 0. The van der Waals surface area contributed by atoms with Crippen molar-refractivity contribution in [2.45, 2.75) is 13.1 Å². The van der Waals surface area contributed by atoms with Gasteiger partial charge in [-0.05, 0) is 37.3 Å². The van der Waals surface area contributed by atoms with Gasteiger partial charge in [0.1, 0.15) is 5.52 Å². The molecule has 7 heteroatoms. The highest BCUT2D eigenvalue weighted by Gasteiger charge is 2.38. The maximum Gasteiger partial charge on any atom is 0.471 e. The lowest BCUT2D eigenvalue weighted by Gasteiger charge is -2.07. The summed E-state index contributed by atoms with van der Waals surface area (Å²) in [4.78, 5) is 15.2. The van der Waals surface area contributed by atoms with E-state index in [-0.39, 0.29) is 5.69 Å². The van der Waals surface area contributed by atoms with Crippen LogP contribution in [-0.2, 0) is 4.79 Å². The first-order valence-electron chi connectivity index (χ1n) is 6.69. The fourth-order valence-corrected chi connectivity index (χ4v) is 2.03. The van der Waals surface area contributed by atoms with E-state index in [0.29, 0.717) is 17.0 Å². The SMILES string of the molecule is Cc1ccc(-c2nc3cc(NC(=O)C(F)(F)F)ccc3o2)cc1. The number of alkyl halides is 3. The number of oxazole rings is 1. The molecule has 4 nitrogen and oxygen atoms in total. The van der Waals surface area contributed by atoms with Gasteiger partial charge >= 0.3 is 12.1 Å². The zero-order valence-electron chi connectivity index (χ0n) is 11.9. The first-order chi connectivity index (χ1) is 10.8. The van der Waals surface area contributed by atoms with E-state index < -0.39 is 12.1 Å². The highest BCUT2D eigenvalue weighted by Crippen LogP contribution is 2.27. The Morgan fingerprint density at radius 1 is 1.13 bits per heavy atom. The molecule has 0 atom stereocenters. The van der Waals surface area contributed by atoms with Gasteiger partial charge in [-0.1, -0.05) is 17.7 Å². The summed E-state index contributed by atoms with van der Waals surface area (Å²) in [6.45, 7) is 1.95. The molecule has 0 bridgehead atoms. The van der Waals surface area contributed by atoms with E-state index in [1.165, 1.54) is 18.2 Å². The van der Waals surface area contributed by atoms with Crippen molar-refractivity contribution >= 4 is 22.7 Å². The number of amides is 1. The Kier molecular flexibility index (Phi) is 3.55. The lowest BCUT2D eigenvalue weighted by Crippen LogP contribution is -2.29. The highest BCUT2D eigenvalue weighted by molar-refractivity contribution is 5.96. The number of fused-ring (bicyclic) bond motifs is 1. The summed E-state index contributed by atoms with van der Waals surface area (Å²) in [6, 6.07) is 11.6. The zero-order chi connectivity index (χ0) is 16.6. The number of carbonyl (C=O) groups is 1. The second-order valence-electron chi connectivity index (χ2n) is 5.02. The Morgan fingerprint density at radius 3 is 2.48 bits per heavy atom. The van der Waals surface area contributed by atoms with Crippen molar-refractivity contribution in [3.8, 4) is 11.5 Å². The fourth-order valence-electron chi connectivity index (χ4n) is 2.03. The Balaban J connectivity index is 1.92. The van der Waals surface area contributed by atoms with Gasteiger partial charge in [0, 0.05) is 11.3 Å². The number of aromatic nitrogens is 1. The number of halogens is 3. The average Bonchev–Trinajstić information content (AvgIpc) is 2.90. The van der Waals surface area contributed by atoms with Crippen molar-refractivity contribution in [2.24, 2.45) is 0 Å². The first-order valence-corrected chi connectivity index (χ1v) is 6.69. The van der Waals surface area contributed by atoms with Crippen molar-refractivity contribution in [2.75, 3.05) is 5.32 Å². The van der Waals surface area contributed by atoms with E-state index in [1.54, 1.807) is 5.32 Å². The molecular formula is C16H11F3N2O2.